The molecule has 2 amide bonds. The van der Waals surface area contributed by atoms with E-state index in [1.165, 1.54) is 13.2 Å². The molecule has 0 aromatic heterocycles. The number of carboxylic acid groups (broad SMARTS) is 1. The van der Waals surface area contributed by atoms with Crippen LogP contribution in [-0.2, 0) is 9.59 Å². The summed E-state index contributed by atoms with van der Waals surface area (Å²) in [5.74, 6) is -2.10. The summed E-state index contributed by atoms with van der Waals surface area (Å²) in [7, 11) is 1.38. The van der Waals surface area contributed by atoms with Crippen molar-refractivity contribution in [2.24, 2.45) is 29.1 Å². The van der Waals surface area contributed by atoms with Crippen molar-refractivity contribution >= 4 is 17.8 Å². The van der Waals surface area contributed by atoms with Crippen LogP contribution >= 0.6 is 0 Å². The highest BCUT2D eigenvalue weighted by atomic mass is 19.1. The standard InChI is InChI=1S/C29H41FN2O6/c1-5-29(2,3)15-31-27(34)24-17-6-7-18(12-17)25(24)32-26(33)20-13-23(21(30)14-22(20)37-4)38-19-10-8-16(9-11-19)28(35)36/h13-14,16-19,24-25H,5-12,15H2,1-4H3,(H,31,34)(H,32,33)(H,35,36). The lowest BCUT2D eigenvalue weighted by atomic mass is 9.83. The molecule has 0 heterocycles. The number of carboxylic acids is 1. The third-order valence-corrected chi connectivity index (χ3v) is 9.03. The zero-order valence-electron chi connectivity index (χ0n) is 22.8. The van der Waals surface area contributed by atoms with E-state index in [1.54, 1.807) is 0 Å². The van der Waals surface area contributed by atoms with Crippen LogP contribution < -0.4 is 20.1 Å². The van der Waals surface area contributed by atoms with Crippen LogP contribution in [0.2, 0.25) is 0 Å². The van der Waals surface area contributed by atoms with Gasteiger partial charge in [-0.3, -0.25) is 14.4 Å². The number of carbonyl (C=O) groups excluding carboxylic acids is 2. The molecule has 0 aliphatic heterocycles. The van der Waals surface area contributed by atoms with E-state index in [9.17, 15) is 23.9 Å². The molecular weight excluding hydrogens is 491 g/mol. The summed E-state index contributed by atoms with van der Waals surface area (Å²) in [5.41, 5.74) is 0.147. The van der Waals surface area contributed by atoms with Crippen LogP contribution in [0, 0.1) is 34.9 Å². The third-order valence-electron chi connectivity index (χ3n) is 9.03. The molecule has 3 aliphatic carbocycles. The molecule has 2 bridgehead atoms. The molecule has 3 aliphatic rings. The second kappa shape index (κ2) is 11.5. The number of nitrogens with one attached hydrogen (secondary N) is 2. The lowest BCUT2D eigenvalue weighted by molar-refractivity contribution is -0.143. The van der Waals surface area contributed by atoms with Crippen LogP contribution in [0.4, 0.5) is 4.39 Å². The van der Waals surface area contributed by atoms with E-state index < -0.39 is 23.6 Å². The largest absolute Gasteiger partial charge is 0.496 e. The summed E-state index contributed by atoms with van der Waals surface area (Å²) in [6, 6.07) is 2.21. The van der Waals surface area contributed by atoms with E-state index in [2.05, 4.69) is 31.4 Å². The number of ether oxygens (including phenoxy) is 2. The fraction of sp³-hybridized carbons (Fsp3) is 0.690. The Morgan fingerprint density at radius 2 is 1.74 bits per heavy atom. The normalized spacial score (nSPS) is 28.6. The van der Waals surface area contributed by atoms with Gasteiger partial charge in [0, 0.05) is 18.7 Å². The molecule has 3 N–H and O–H groups in total. The molecule has 38 heavy (non-hydrogen) atoms. The number of rotatable bonds is 10. The van der Waals surface area contributed by atoms with Gasteiger partial charge in [-0.1, -0.05) is 20.8 Å². The van der Waals surface area contributed by atoms with Gasteiger partial charge in [-0.25, -0.2) is 4.39 Å². The van der Waals surface area contributed by atoms with E-state index in [4.69, 9.17) is 9.47 Å². The fourth-order valence-electron chi connectivity index (χ4n) is 6.25. The van der Waals surface area contributed by atoms with Gasteiger partial charge in [0.2, 0.25) is 5.91 Å². The van der Waals surface area contributed by atoms with Crippen molar-refractivity contribution in [2.75, 3.05) is 13.7 Å². The van der Waals surface area contributed by atoms with Crippen LogP contribution in [0.5, 0.6) is 11.5 Å². The molecule has 210 valence electrons. The first-order chi connectivity index (χ1) is 18.0. The first-order valence-electron chi connectivity index (χ1n) is 13.9. The van der Waals surface area contributed by atoms with Gasteiger partial charge >= 0.3 is 5.97 Å². The van der Waals surface area contributed by atoms with Crippen molar-refractivity contribution in [1.29, 1.82) is 0 Å². The number of hydrogen-bond donors (Lipinski definition) is 3. The number of halogens is 1. The van der Waals surface area contributed by atoms with Crippen molar-refractivity contribution in [3.05, 3.63) is 23.5 Å². The molecule has 3 fully saturated rings. The zero-order chi connectivity index (χ0) is 27.6. The maximum atomic E-state index is 14.9. The maximum Gasteiger partial charge on any atom is 0.306 e. The second-order valence-corrected chi connectivity index (χ2v) is 12.0. The number of hydrogen-bond acceptors (Lipinski definition) is 5. The average Bonchev–Trinajstić information content (AvgIpc) is 3.50. The Kier molecular flexibility index (Phi) is 8.52. The smallest absolute Gasteiger partial charge is 0.306 e. The molecule has 3 saturated carbocycles. The van der Waals surface area contributed by atoms with Crippen molar-refractivity contribution in [3.63, 3.8) is 0 Å². The van der Waals surface area contributed by atoms with Crippen molar-refractivity contribution in [2.45, 2.75) is 84.3 Å². The predicted molar refractivity (Wildman–Crippen MR) is 140 cm³/mol. The predicted octanol–water partition coefficient (Wildman–Crippen LogP) is 4.55. The Morgan fingerprint density at radius 3 is 2.37 bits per heavy atom. The number of benzene rings is 1. The first kappa shape index (κ1) is 28.2. The second-order valence-electron chi connectivity index (χ2n) is 12.0. The van der Waals surface area contributed by atoms with Gasteiger partial charge in [0.05, 0.1) is 30.6 Å². The molecule has 0 radical (unpaired) electrons. The highest BCUT2D eigenvalue weighted by Crippen LogP contribution is 2.49. The molecule has 4 atom stereocenters. The Morgan fingerprint density at radius 1 is 1.05 bits per heavy atom. The maximum absolute atomic E-state index is 14.9. The Balaban J connectivity index is 1.47. The van der Waals surface area contributed by atoms with E-state index in [1.807, 2.05) is 0 Å². The Bertz CT molecular complexity index is 1050. The lowest BCUT2D eigenvalue weighted by Gasteiger charge is -2.32. The number of methoxy groups -OCH3 is 1. The molecule has 4 rings (SSSR count). The molecule has 0 spiro atoms. The molecule has 9 heteroatoms. The molecular formula is C29H41FN2O6. The third kappa shape index (κ3) is 6.07. The molecule has 0 saturated heterocycles. The SMILES string of the molecule is CCC(C)(C)CNC(=O)C1C2CCC(C2)C1NC(=O)c1cc(OC2CCC(C(=O)O)CC2)c(F)cc1OC. The summed E-state index contributed by atoms with van der Waals surface area (Å²) < 4.78 is 26.1. The zero-order valence-corrected chi connectivity index (χ0v) is 22.8. The minimum absolute atomic E-state index is 0.00320. The minimum atomic E-state index is -0.820. The summed E-state index contributed by atoms with van der Waals surface area (Å²) in [6.07, 6.45) is 5.41. The van der Waals surface area contributed by atoms with Crippen LogP contribution in [0.3, 0.4) is 0 Å². The molecule has 1 aromatic rings. The number of carbonyl (C=O) groups is 3. The van der Waals surface area contributed by atoms with Crippen LogP contribution in [0.15, 0.2) is 12.1 Å². The van der Waals surface area contributed by atoms with Gasteiger partial charge in [-0.05, 0) is 74.7 Å². The first-order valence-corrected chi connectivity index (χ1v) is 13.9. The van der Waals surface area contributed by atoms with Gasteiger partial charge in [-0.2, -0.15) is 0 Å². The topological polar surface area (TPSA) is 114 Å². The van der Waals surface area contributed by atoms with Gasteiger partial charge in [0.1, 0.15) is 5.75 Å². The van der Waals surface area contributed by atoms with Gasteiger partial charge in [-0.15, -0.1) is 0 Å². The number of aliphatic carboxylic acids is 1. The number of fused-ring (bicyclic) bond motifs is 2. The highest BCUT2D eigenvalue weighted by Gasteiger charge is 2.51. The highest BCUT2D eigenvalue weighted by molar-refractivity contribution is 5.98. The summed E-state index contributed by atoms with van der Waals surface area (Å²) >= 11 is 0. The average molecular weight is 533 g/mol. The monoisotopic (exact) mass is 532 g/mol. The van der Waals surface area contributed by atoms with Crippen molar-refractivity contribution in [3.8, 4) is 11.5 Å². The van der Waals surface area contributed by atoms with E-state index >= 15 is 0 Å². The summed E-state index contributed by atoms with van der Waals surface area (Å²) in [5, 5.41) is 15.4. The lowest BCUT2D eigenvalue weighted by Crippen LogP contribution is -2.50. The molecule has 4 unspecified atom stereocenters. The quantitative estimate of drug-likeness (QED) is 0.407. The molecule has 8 nitrogen and oxygen atoms in total. The van der Waals surface area contributed by atoms with Gasteiger partial charge < -0.3 is 25.2 Å². The van der Waals surface area contributed by atoms with Crippen LogP contribution in [-0.4, -0.2) is 48.7 Å². The fourth-order valence-corrected chi connectivity index (χ4v) is 6.25. The van der Waals surface area contributed by atoms with E-state index in [-0.39, 0.29) is 58.3 Å². The van der Waals surface area contributed by atoms with Crippen LogP contribution in [0.25, 0.3) is 0 Å². The molecule has 1 aromatic carbocycles. The van der Waals surface area contributed by atoms with Crippen molar-refractivity contribution < 1.29 is 33.4 Å². The van der Waals surface area contributed by atoms with E-state index in [0.717, 1.165) is 31.7 Å². The van der Waals surface area contributed by atoms with Crippen molar-refractivity contribution in [1.82, 2.24) is 10.6 Å². The minimum Gasteiger partial charge on any atom is -0.496 e. The Labute approximate surface area is 224 Å². The van der Waals surface area contributed by atoms with E-state index in [0.29, 0.717) is 32.2 Å². The number of amides is 2. The van der Waals surface area contributed by atoms with Gasteiger partial charge in [0.25, 0.3) is 5.91 Å². The van der Waals surface area contributed by atoms with Crippen LogP contribution in [0.1, 0.15) is 82.5 Å². The summed E-state index contributed by atoms with van der Waals surface area (Å²) in [4.78, 5) is 38.0. The van der Waals surface area contributed by atoms with Gasteiger partial charge in [0.15, 0.2) is 11.6 Å². The summed E-state index contributed by atoms with van der Waals surface area (Å²) in [6.45, 7) is 6.91. The Hall–Kier alpha value is -2.84.